The van der Waals surface area contributed by atoms with E-state index in [0.29, 0.717) is 17.5 Å². The molecule has 252 valence electrons. The third-order valence-electron chi connectivity index (χ3n) is 10.6. The first kappa shape index (κ1) is 30.3. The van der Waals surface area contributed by atoms with Crippen molar-refractivity contribution in [1.29, 1.82) is 0 Å². The van der Waals surface area contributed by atoms with Crippen molar-refractivity contribution in [3.05, 3.63) is 188 Å². The van der Waals surface area contributed by atoms with Crippen LogP contribution < -0.4 is 0 Å². The topological polar surface area (TPSA) is 48.5 Å². The summed E-state index contributed by atoms with van der Waals surface area (Å²) in [5, 5.41) is 7.51. The Morgan fingerprint density at radius 1 is 0.259 bits per heavy atom. The van der Waals surface area contributed by atoms with Crippen LogP contribution in [0, 0.1) is 0 Å². The van der Waals surface area contributed by atoms with Crippen molar-refractivity contribution >= 4 is 54.4 Å². The molecular formula is C49H31N5. The molecule has 3 heterocycles. The monoisotopic (exact) mass is 689 g/mol. The smallest absolute Gasteiger partial charge is 0.164 e. The second-order valence-electron chi connectivity index (χ2n) is 13.6. The van der Waals surface area contributed by atoms with Crippen LogP contribution in [-0.2, 0) is 0 Å². The number of aromatic nitrogens is 5. The number of para-hydroxylation sites is 3. The Morgan fingerprint density at radius 2 is 0.630 bits per heavy atom. The van der Waals surface area contributed by atoms with Crippen LogP contribution in [-0.4, -0.2) is 24.1 Å². The van der Waals surface area contributed by atoms with E-state index in [2.05, 4.69) is 137 Å². The highest BCUT2D eigenvalue weighted by Crippen LogP contribution is 2.42. The summed E-state index contributed by atoms with van der Waals surface area (Å²) in [6.45, 7) is 0. The number of benzene rings is 8. The van der Waals surface area contributed by atoms with Crippen molar-refractivity contribution in [3.8, 4) is 45.5 Å². The van der Waals surface area contributed by atoms with Crippen LogP contribution in [0.4, 0.5) is 0 Å². The van der Waals surface area contributed by atoms with Crippen LogP contribution in [0.3, 0.4) is 0 Å². The van der Waals surface area contributed by atoms with E-state index in [4.69, 9.17) is 15.0 Å². The molecule has 0 unspecified atom stereocenters. The number of nitrogens with zero attached hydrogens (tertiary/aromatic N) is 5. The van der Waals surface area contributed by atoms with Gasteiger partial charge in [0.05, 0.1) is 22.1 Å². The summed E-state index contributed by atoms with van der Waals surface area (Å²) < 4.78 is 4.76. The highest BCUT2D eigenvalue weighted by molar-refractivity contribution is 6.29. The average Bonchev–Trinajstić information content (AvgIpc) is 3.78. The molecule has 5 nitrogen and oxygen atoms in total. The molecule has 5 heteroatoms. The minimum atomic E-state index is 0.640. The van der Waals surface area contributed by atoms with Gasteiger partial charge in [-0.2, -0.15) is 0 Å². The van der Waals surface area contributed by atoms with Crippen molar-refractivity contribution in [3.63, 3.8) is 0 Å². The van der Waals surface area contributed by atoms with Gasteiger partial charge in [0.2, 0.25) is 0 Å². The first-order valence-electron chi connectivity index (χ1n) is 18.2. The summed E-state index contributed by atoms with van der Waals surface area (Å²) in [5.74, 6) is 1.94. The van der Waals surface area contributed by atoms with Crippen LogP contribution >= 0.6 is 0 Å². The maximum Gasteiger partial charge on any atom is 0.164 e. The average molecular weight is 690 g/mol. The van der Waals surface area contributed by atoms with Gasteiger partial charge in [-0.1, -0.05) is 127 Å². The molecule has 0 fully saturated rings. The summed E-state index contributed by atoms with van der Waals surface area (Å²) in [6, 6.07) is 66.2. The molecule has 11 aromatic rings. The van der Waals surface area contributed by atoms with Gasteiger partial charge in [-0.05, 0) is 71.4 Å². The number of hydrogen-bond acceptors (Lipinski definition) is 3. The Labute approximate surface area is 311 Å². The lowest BCUT2D eigenvalue weighted by molar-refractivity contribution is 1.07. The van der Waals surface area contributed by atoms with Gasteiger partial charge in [0.15, 0.2) is 17.5 Å². The summed E-state index contributed by atoms with van der Waals surface area (Å²) in [6.07, 6.45) is 0. The molecule has 0 saturated carbocycles. The Bertz CT molecular complexity index is 3120. The van der Waals surface area contributed by atoms with Crippen molar-refractivity contribution in [2.75, 3.05) is 0 Å². The highest BCUT2D eigenvalue weighted by atomic mass is 15.0. The first-order valence-corrected chi connectivity index (χ1v) is 18.2. The molecule has 0 atom stereocenters. The van der Waals surface area contributed by atoms with Crippen LogP contribution in [0.1, 0.15) is 0 Å². The lowest BCUT2D eigenvalue weighted by Crippen LogP contribution is -2.00. The van der Waals surface area contributed by atoms with Gasteiger partial charge in [0, 0.05) is 49.6 Å². The molecule has 0 aliphatic rings. The van der Waals surface area contributed by atoms with Crippen molar-refractivity contribution in [2.24, 2.45) is 0 Å². The van der Waals surface area contributed by atoms with Gasteiger partial charge in [0.25, 0.3) is 0 Å². The molecule has 8 aromatic carbocycles. The minimum Gasteiger partial charge on any atom is -0.309 e. The summed E-state index contributed by atoms with van der Waals surface area (Å²) in [5.41, 5.74) is 9.82. The predicted molar refractivity (Wildman–Crippen MR) is 222 cm³/mol. The lowest BCUT2D eigenvalue weighted by Gasteiger charge is -2.11. The lowest BCUT2D eigenvalue weighted by atomic mass is 9.99. The fraction of sp³-hybridized carbons (Fsp3) is 0. The van der Waals surface area contributed by atoms with Crippen LogP contribution in [0.5, 0.6) is 0 Å². The summed E-state index contributed by atoms with van der Waals surface area (Å²) in [7, 11) is 0. The Kier molecular flexibility index (Phi) is 6.79. The third kappa shape index (κ3) is 4.69. The molecule has 0 aliphatic carbocycles. The zero-order valence-corrected chi connectivity index (χ0v) is 29.1. The fourth-order valence-electron chi connectivity index (χ4n) is 8.17. The molecule has 0 N–H and O–H groups in total. The van der Waals surface area contributed by atoms with Crippen LogP contribution in [0.2, 0.25) is 0 Å². The maximum absolute atomic E-state index is 4.96. The van der Waals surface area contributed by atoms with Gasteiger partial charge in [0.1, 0.15) is 0 Å². The fourth-order valence-corrected chi connectivity index (χ4v) is 8.17. The van der Waals surface area contributed by atoms with Crippen molar-refractivity contribution in [2.45, 2.75) is 0 Å². The van der Waals surface area contributed by atoms with Crippen molar-refractivity contribution in [1.82, 2.24) is 24.1 Å². The van der Waals surface area contributed by atoms with Crippen LogP contribution in [0.25, 0.3) is 99.9 Å². The molecule has 0 bridgehead atoms. The van der Waals surface area contributed by atoms with Crippen LogP contribution in [0.15, 0.2) is 188 Å². The Balaban J connectivity index is 1.09. The zero-order valence-electron chi connectivity index (χ0n) is 29.1. The molecule has 3 aromatic heterocycles. The van der Waals surface area contributed by atoms with Gasteiger partial charge in [-0.3, -0.25) is 0 Å². The highest BCUT2D eigenvalue weighted by Gasteiger charge is 2.20. The Hall–Kier alpha value is -7.37. The molecule has 11 rings (SSSR count). The van der Waals surface area contributed by atoms with E-state index in [0.717, 1.165) is 33.6 Å². The standard InChI is InChI=1S/C49H31N5/c1-4-14-32(15-5-1)47-50-48(33-16-6-2-7-17-33)52-49(51-47)34-24-26-36(27-25-34)54-42-23-13-11-21-40(42)46-38-28-30-43-45(37(38)29-31-44(46)54)39-20-10-12-22-41(39)53(43)35-18-8-3-9-19-35/h1-31H. The van der Waals surface area contributed by atoms with E-state index < -0.39 is 0 Å². The van der Waals surface area contributed by atoms with Gasteiger partial charge < -0.3 is 9.13 Å². The molecule has 0 radical (unpaired) electrons. The molecule has 54 heavy (non-hydrogen) atoms. The first-order chi connectivity index (χ1) is 26.8. The minimum absolute atomic E-state index is 0.640. The maximum atomic E-state index is 4.96. The largest absolute Gasteiger partial charge is 0.309 e. The predicted octanol–water partition coefficient (Wildman–Crippen LogP) is 12.2. The van der Waals surface area contributed by atoms with E-state index in [1.54, 1.807) is 0 Å². The molecule has 0 spiro atoms. The quantitative estimate of drug-likeness (QED) is 0.181. The van der Waals surface area contributed by atoms with E-state index in [1.165, 1.54) is 48.9 Å². The van der Waals surface area contributed by atoms with Crippen molar-refractivity contribution < 1.29 is 0 Å². The van der Waals surface area contributed by atoms with Gasteiger partial charge in [-0.15, -0.1) is 0 Å². The van der Waals surface area contributed by atoms with E-state index >= 15 is 0 Å². The normalized spacial score (nSPS) is 11.7. The number of hydrogen-bond donors (Lipinski definition) is 0. The molecule has 0 amide bonds. The number of rotatable bonds is 5. The second kappa shape index (κ2) is 12.1. The van der Waals surface area contributed by atoms with Gasteiger partial charge in [-0.25, -0.2) is 15.0 Å². The third-order valence-corrected chi connectivity index (χ3v) is 10.6. The molecular weight excluding hydrogens is 659 g/mol. The number of fused-ring (bicyclic) bond motifs is 9. The molecule has 0 aliphatic heterocycles. The summed E-state index contributed by atoms with van der Waals surface area (Å²) >= 11 is 0. The SMILES string of the molecule is c1ccc(-c2nc(-c3ccccc3)nc(-c3ccc(-n4c5ccccc5c5c6ccc7c(c6ccc54)c4ccccc4n7-c4ccccc4)cc3)n2)cc1. The van der Waals surface area contributed by atoms with Gasteiger partial charge >= 0.3 is 0 Å². The van der Waals surface area contributed by atoms with E-state index in [-0.39, 0.29) is 0 Å². The zero-order chi connectivity index (χ0) is 35.6. The van der Waals surface area contributed by atoms with E-state index in [9.17, 15) is 0 Å². The molecule has 0 saturated heterocycles. The summed E-state index contributed by atoms with van der Waals surface area (Å²) in [4.78, 5) is 14.8. The second-order valence-corrected chi connectivity index (χ2v) is 13.6. The van der Waals surface area contributed by atoms with E-state index in [1.807, 2.05) is 60.7 Å². The Morgan fingerprint density at radius 3 is 1.09 bits per heavy atom.